The molecular weight excluding hydrogens is 745 g/mol. The molecule has 0 spiro atoms. The Labute approximate surface area is 321 Å². The number of hydrogen-bond donors (Lipinski definition) is 7. The fourth-order valence-electron chi connectivity index (χ4n) is 4.93. The molecule has 7 N–H and O–H groups in total. The molecule has 0 saturated carbocycles. The van der Waals surface area contributed by atoms with Gasteiger partial charge in [-0.1, -0.05) is 30.3 Å². The Bertz CT molecular complexity index is 2440. The molecule has 0 aliphatic heterocycles. The number of sulfonamides is 1. The van der Waals surface area contributed by atoms with Gasteiger partial charge >= 0.3 is 0 Å². The molecule has 0 fully saturated rings. The SMILES string of the molecule is CNC(=O)c1cnc(Nc2ccc(F)cn2)cc1Nc1ccccc1C.CNC(=O)c1cnc(Nc2ccc(F)cn2)cc1Nc1ccccc1NS(C)(=O)=O. The Kier molecular flexibility index (Phi) is 13.0. The van der Waals surface area contributed by atoms with Crippen molar-refractivity contribution >= 4 is 73.5 Å². The van der Waals surface area contributed by atoms with Crippen molar-refractivity contribution in [3.05, 3.63) is 138 Å². The van der Waals surface area contributed by atoms with Crippen LogP contribution in [0.2, 0.25) is 0 Å². The van der Waals surface area contributed by atoms with E-state index in [-0.39, 0.29) is 17.4 Å². The van der Waals surface area contributed by atoms with Gasteiger partial charge in [-0.05, 0) is 55.0 Å². The second kappa shape index (κ2) is 18.2. The lowest BCUT2D eigenvalue weighted by Gasteiger charge is -2.16. The van der Waals surface area contributed by atoms with Crippen LogP contribution in [0.15, 0.2) is 110 Å². The molecule has 0 radical (unpaired) electrons. The van der Waals surface area contributed by atoms with Crippen molar-refractivity contribution < 1.29 is 26.8 Å². The van der Waals surface area contributed by atoms with Crippen molar-refractivity contribution in [2.75, 3.05) is 46.3 Å². The fourth-order valence-corrected chi connectivity index (χ4v) is 5.51. The summed E-state index contributed by atoms with van der Waals surface area (Å²) in [6, 6.07) is 23.2. The standard InChI is InChI=1S/C19H19FN6O3S.C19H18FN5O/c1-21-19(27)13-11-23-18(25-17-8-7-12(20)10-22-17)9-16(13)24-14-5-3-4-6-15(14)26-30(2,28)29;1-12-5-3-4-6-15(12)24-16-9-18(23-11-14(16)19(26)21-2)25-17-8-7-13(20)10-22-17/h3-11,26H,1-2H3,(H,21,27)(H2,22,23,24,25);3-11H,1-2H3,(H,21,26)(H2,22,23,24,25). The molecule has 56 heavy (non-hydrogen) atoms. The first-order valence-corrected chi connectivity index (χ1v) is 18.6. The molecule has 288 valence electrons. The number of para-hydroxylation sites is 3. The number of nitrogens with one attached hydrogen (secondary N) is 7. The van der Waals surface area contributed by atoms with Crippen molar-refractivity contribution in [3.63, 3.8) is 0 Å². The summed E-state index contributed by atoms with van der Waals surface area (Å²) in [5, 5.41) is 17.4. The summed E-state index contributed by atoms with van der Waals surface area (Å²) in [7, 11) is -0.458. The average Bonchev–Trinajstić information content (AvgIpc) is 3.18. The highest BCUT2D eigenvalue weighted by molar-refractivity contribution is 7.92. The molecule has 0 unspecified atom stereocenters. The normalized spacial score (nSPS) is 10.6. The summed E-state index contributed by atoms with van der Waals surface area (Å²) in [6.45, 7) is 1.98. The smallest absolute Gasteiger partial charge is 0.254 e. The molecule has 0 atom stereocenters. The zero-order chi connectivity index (χ0) is 40.2. The van der Waals surface area contributed by atoms with Gasteiger partial charge in [0.1, 0.15) is 34.9 Å². The van der Waals surface area contributed by atoms with Gasteiger partial charge in [0.05, 0.1) is 52.5 Å². The number of anilines is 9. The van der Waals surface area contributed by atoms with E-state index in [1.54, 1.807) is 43.4 Å². The van der Waals surface area contributed by atoms with E-state index in [0.717, 1.165) is 29.9 Å². The Morgan fingerprint density at radius 2 is 0.964 bits per heavy atom. The third-order valence-corrected chi connectivity index (χ3v) is 8.22. The quantitative estimate of drug-likeness (QED) is 0.0702. The molecule has 0 aliphatic carbocycles. The minimum Gasteiger partial charge on any atom is -0.355 e. The summed E-state index contributed by atoms with van der Waals surface area (Å²) in [4.78, 5) is 40.7. The molecule has 6 aromatic rings. The van der Waals surface area contributed by atoms with Gasteiger partial charge in [-0.25, -0.2) is 37.1 Å². The average molecular weight is 782 g/mol. The van der Waals surface area contributed by atoms with Crippen LogP contribution in [0.4, 0.5) is 60.5 Å². The van der Waals surface area contributed by atoms with Crippen molar-refractivity contribution in [2.45, 2.75) is 6.92 Å². The Hall–Kier alpha value is -7.21. The summed E-state index contributed by atoms with van der Waals surface area (Å²) >= 11 is 0. The van der Waals surface area contributed by atoms with E-state index >= 15 is 0 Å². The van der Waals surface area contributed by atoms with Crippen molar-refractivity contribution in [1.29, 1.82) is 0 Å². The van der Waals surface area contributed by atoms with Crippen LogP contribution in [-0.4, -0.2) is 60.5 Å². The van der Waals surface area contributed by atoms with E-state index in [0.29, 0.717) is 51.6 Å². The molecule has 0 saturated heterocycles. The lowest BCUT2D eigenvalue weighted by molar-refractivity contribution is 0.0955. The number of halogens is 2. The number of aromatic nitrogens is 4. The first kappa shape index (κ1) is 40.0. The van der Waals surface area contributed by atoms with Gasteiger partial charge in [0.2, 0.25) is 10.0 Å². The van der Waals surface area contributed by atoms with Gasteiger partial charge in [0.15, 0.2) is 0 Å². The third kappa shape index (κ3) is 11.2. The largest absolute Gasteiger partial charge is 0.355 e. The van der Waals surface area contributed by atoms with Gasteiger partial charge in [0.25, 0.3) is 11.8 Å². The maximum atomic E-state index is 13.1. The zero-order valence-electron chi connectivity index (χ0n) is 30.5. The second-order valence-electron chi connectivity index (χ2n) is 11.8. The van der Waals surface area contributed by atoms with Crippen LogP contribution in [0.3, 0.4) is 0 Å². The molecular formula is C38H37F2N11O4S. The van der Waals surface area contributed by atoms with E-state index in [9.17, 15) is 26.8 Å². The third-order valence-electron chi connectivity index (χ3n) is 7.62. The highest BCUT2D eigenvalue weighted by Crippen LogP contribution is 2.30. The zero-order valence-corrected chi connectivity index (χ0v) is 31.3. The number of nitrogens with zero attached hydrogens (tertiary/aromatic N) is 4. The molecule has 4 heterocycles. The highest BCUT2D eigenvalue weighted by atomic mass is 32.2. The van der Waals surface area contributed by atoms with Crippen LogP contribution in [-0.2, 0) is 10.0 Å². The van der Waals surface area contributed by atoms with Gasteiger partial charge in [-0.2, -0.15) is 0 Å². The summed E-state index contributed by atoms with van der Waals surface area (Å²) in [5.74, 6) is 0.118. The van der Waals surface area contributed by atoms with Crippen molar-refractivity contribution in [3.8, 4) is 0 Å². The van der Waals surface area contributed by atoms with Crippen LogP contribution in [0, 0.1) is 18.6 Å². The van der Waals surface area contributed by atoms with Crippen LogP contribution >= 0.6 is 0 Å². The number of rotatable bonds is 12. The number of carbonyl (C=O) groups excluding carboxylic acids is 2. The van der Waals surface area contributed by atoms with Gasteiger partial charge in [-0.15, -0.1) is 0 Å². The monoisotopic (exact) mass is 781 g/mol. The Morgan fingerprint density at radius 3 is 1.39 bits per heavy atom. The van der Waals surface area contributed by atoms with Crippen molar-refractivity contribution in [1.82, 2.24) is 30.6 Å². The number of carbonyl (C=O) groups is 2. The Balaban J connectivity index is 0.000000216. The maximum absolute atomic E-state index is 13.1. The number of benzene rings is 2. The van der Waals surface area contributed by atoms with Gasteiger partial charge in [0, 0.05) is 44.3 Å². The second-order valence-corrected chi connectivity index (χ2v) is 13.6. The molecule has 4 aromatic heterocycles. The molecule has 2 amide bonds. The first-order valence-electron chi connectivity index (χ1n) is 16.7. The predicted octanol–water partition coefficient (Wildman–Crippen LogP) is 6.60. The van der Waals surface area contributed by atoms with E-state index in [4.69, 9.17) is 0 Å². The lowest BCUT2D eigenvalue weighted by Crippen LogP contribution is -2.20. The number of pyridine rings is 4. The van der Waals surface area contributed by atoms with Crippen LogP contribution < -0.4 is 36.6 Å². The van der Waals surface area contributed by atoms with E-state index in [2.05, 4.69) is 56.6 Å². The fraction of sp³-hybridized carbons (Fsp3) is 0.105. The molecule has 0 bridgehead atoms. The summed E-state index contributed by atoms with van der Waals surface area (Å²) in [6.07, 6.45) is 6.07. The minimum atomic E-state index is -3.51. The highest BCUT2D eigenvalue weighted by Gasteiger charge is 2.16. The summed E-state index contributed by atoms with van der Waals surface area (Å²) < 4.78 is 51.8. The number of hydrogen-bond acceptors (Lipinski definition) is 12. The maximum Gasteiger partial charge on any atom is 0.254 e. The van der Waals surface area contributed by atoms with E-state index < -0.39 is 21.7 Å². The molecule has 2 aromatic carbocycles. The van der Waals surface area contributed by atoms with Crippen molar-refractivity contribution in [2.24, 2.45) is 0 Å². The van der Waals surface area contributed by atoms with Gasteiger partial charge < -0.3 is 31.9 Å². The topological polar surface area (TPSA) is 204 Å². The molecule has 18 heteroatoms. The molecule has 6 rings (SSSR count). The lowest BCUT2D eigenvalue weighted by atomic mass is 10.1. The van der Waals surface area contributed by atoms with Gasteiger partial charge in [-0.3, -0.25) is 14.3 Å². The Morgan fingerprint density at radius 1 is 0.536 bits per heavy atom. The van der Waals surface area contributed by atoms with Crippen LogP contribution in [0.25, 0.3) is 0 Å². The van der Waals surface area contributed by atoms with E-state index in [1.165, 1.54) is 43.7 Å². The molecule has 0 aliphatic rings. The van der Waals surface area contributed by atoms with Crippen LogP contribution in [0.1, 0.15) is 26.3 Å². The predicted molar refractivity (Wildman–Crippen MR) is 213 cm³/mol. The van der Waals surface area contributed by atoms with E-state index in [1.807, 2.05) is 31.2 Å². The first-order chi connectivity index (χ1) is 26.8. The minimum absolute atomic E-state index is 0.240. The number of aryl methyl sites for hydroxylation is 1. The summed E-state index contributed by atoms with van der Waals surface area (Å²) in [5.41, 5.74) is 4.30. The molecule has 15 nitrogen and oxygen atoms in total. The number of amides is 2. The van der Waals surface area contributed by atoms with Crippen LogP contribution in [0.5, 0.6) is 0 Å².